The van der Waals surface area contributed by atoms with Crippen LogP contribution in [-0.2, 0) is 18.4 Å². The third-order valence-corrected chi connectivity index (χ3v) is 9.12. The molecule has 142 valence electrons. The zero-order valence-corrected chi connectivity index (χ0v) is 17.4. The minimum Gasteiger partial charge on any atom is -0.393 e. The minimum atomic E-state index is -2.21. The maximum atomic E-state index is 9.39. The summed E-state index contributed by atoms with van der Waals surface area (Å²) in [6.45, 7) is 13.3. The van der Waals surface area contributed by atoms with Crippen LogP contribution in [-0.4, -0.2) is 46.2 Å². The Labute approximate surface area is 149 Å². The lowest BCUT2D eigenvalue weighted by Gasteiger charge is -2.49. The number of carbonyl (C=O) groups excluding carboxylic acids is 1. The summed E-state index contributed by atoms with van der Waals surface area (Å²) in [7, 11) is -2.21. The summed E-state index contributed by atoms with van der Waals surface area (Å²) < 4.78 is 18.5. The number of hydrogen-bond acceptors (Lipinski definition) is 5. The van der Waals surface area contributed by atoms with E-state index in [0.29, 0.717) is 6.54 Å². The molecule has 0 N–H and O–H groups in total. The van der Waals surface area contributed by atoms with Crippen LogP contribution in [0.15, 0.2) is 4.99 Å². The summed E-state index contributed by atoms with van der Waals surface area (Å²) in [6, 6.07) is 1.09. The first-order valence-corrected chi connectivity index (χ1v) is 11.6. The molecular weight excluding hydrogens is 322 g/mol. The van der Waals surface area contributed by atoms with Gasteiger partial charge in [-0.1, -0.05) is 33.1 Å². The molecule has 0 saturated carbocycles. The number of hydrogen-bond donors (Lipinski definition) is 0. The van der Waals surface area contributed by atoms with Gasteiger partial charge in [0, 0.05) is 19.8 Å². The summed E-state index contributed by atoms with van der Waals surface area (Å²) in [5, 5.41) is -0.119. The van der Waals surface area contributed by atoms with E-state index in [-0.39, 0.29) is 5.22 Å². The van der Waals surface area contributed by atoms with Gasteiger partial charge in [-0.2, -0.15) is 0 Å². The molecular formula is C18H37NO4Si. The van der Waals surface area contributed by atoms with Crippen molar-refractivity contribution >= 4 is 14.6 Å². The zero-order valence-electron chi connectivity index (χ0n) is 16.4. The van der Waals surface area contributed by atoms with E-state index in [1.54, 1.807) is 0 Å². The molecule has 0 amide bonds. The van der Waals surface area contributed by atoms with E-state index in [4.69, 9.17) is 13.6 Å². The van der Waals surface area contributed by atoms with Gasteiger partial charge in [0.1, 0.15) is 5.22 Å². The Hall–Kier alpha value is -0.523. The smallest absolute Gasteiger partial charge is 0.371 e. The molecule has 1 atom stereocenters. The lowest BCUT2D eigenvalue weighted by molar-refractivity contribution is -0.0426. The molecule has 0 radical (unpaired) electrons. The quantitative estimate of drug-likeness (QED) is 0.249. The van der Waals surface area contributed by atoms with Crippen molar-refractivity contribution in [2.45, 2.75) is 84.4 Å². The summed E-state index contributed by atoms with van der Waals surface area (Å²) in [5.41, 5.74) is 0. The Bertz CT molecular complexity index is 345. The maximum absolute atomic E-state index is 9.39. The molecule has 24 heavy (non-hydrogen) atoms. The number of unbranched alkanes of at least 4 members (excludes halogenated alkanes) is 1. The molecule has 1 heterocycles. The van der Waals surface area contributed by atoms with E-state index >= 15 is 0 Å². The normalized spacial score (nSPS) is 22.2. The molecule has 0 aromatic rings. The standard InChI is InChI=1S/C13H28O3Si.C5H9NO/c1-5-13(14-6-2)11-9-10-12-17(13,15-7-3)16-8-4;1-2-3-4-6-5-7/h5-12H2,1-4H3;2-4H2,1H3. The Morgan fingerprint density at radius 1 is 1.04 bits per heavy atom. The van der Waals surface area contributed by atoms with Gasteiger partial charge in [-0.05, 0) is 46.1 Å². The first-order valence-electron chi connectivity index (χ1n) is 9.57. The van der Waals surface area contributed by atoms with E-state index in [1.807, 2.05) is 0 Å². The van der Waals surface area contributed by atoms with Crippen molar-refractivity contribution in [3.63, 3.8) is 0 Å². The highest BCUT2D eigenvalue weighted by Gasteiger charge is 2.58. The van der Waals surface area contributed by atoms with Gasteiger partial charge in [0.2, 0.25) is 6.08 Å². The topological polar surface area (TPSA) is 57.1 Å². The van der Waals surface area contributed by atoms with E-state index < -0.39 is 8.56 Å². The van der Waals surface area contributed by atoms with Crippen LogP contribution in [0.4, 0.5) is 0 Å². The highest BCUT2D eigenvalue weighted by atomic mass is 28.4. The van der Waals surface area contributed by atoms with Crippen LogP contribution in [0.25, 0.3) is 0 Å². The molecule has 1 fully saturated rings. The molecule has 1 aliphatic rings. The average molecular weight is 360 g/mol. The van der Waals surface area contributed by atoms with Gasteiger partial charge in [-0.3, -0.25) is 0 Å². The van der Waals surface area contributed by atoms with E-state index in [0.717, 1.165) is 51.5 Å². The lowest BCUT2D eigenvalue weighted by Crippen LogP contribution is -2.65. The van der Waals surface area contributed by atoms with Crippen LogP contribution >= 0.6 is 0 Å². The predicted molar refractivity (Wildman–Crippen MR) is 100 cm³/mol. The van der Waals surface area contributed by atoms with Crippen LogP contribution in [0.1, 0.15) is 73.1 Å². The van der Waals surface area contributed by atoms with E-state index in [1.165, 1.54) is 18.9 Å². The van der Waals surface area contributed by atoms with Gasteiger partial charge in [-0.15, -0.1) is 0 Å². The molecule has 1 aliphatic heterocycles. The minimum absolute atomic E-state index is 0.119. The summed E-state index contributed by atoms with van der Waals surface area (Å²) >= 11 is 0. The maximum Gasteiger partial charge on any atom is 0.371 e. The van der Waals surface area contributed by atoms with Gasteiger partial charge in [-0.25, -0.2) is 9.79 Å². The molecule has 0 spiro atoms. The molecule has 0 bridgehead atoms. The number of isocyanates is 1. The highest BCUT2D eigenvalue weighted by Crippen LogP contribution is 2.42. The van der Waals surface area contributed by atoms with Gasteiger partial charge >= 0.3 is 8.56 Å². The van der Waals surface area contributed by atoms with Crippen molar-refractivity contribution < 1.29 is 18.4 Å². The molecule has 5 nitrogen and oxygen atoms in total. The van der Waals surface area contributed by atoms with Crippen LogP contribution in [0.5, 0.6) is 0 Å². The fourth-order valence-corrected chi connectivity index (χ4v) is 7.85. The molecule has 1 unspecified atom stereocenters. The third kappa shape index (κ3) is 6.77. The summed E-state index contributed by atoms with van der Waals surface area (Å²) in [5.74, 6) is 0. The zero-order chi connectivity index (χ0) is 18.3. The highest BCUT2D eigenvalue weighted by molar-refractivity contribution is 6.70. The number of nitrogens with zero attached hydrogens (tertiary/aromatic N) is 1. The molecule has 6 heteroatoms. The van der Waals surface area contributed by atoms with Gasteiger partial charge in [0.15, 0.2) is 0 Å². The predicted octanol–water partition coefficient (Wildman–Crippen LogP) is 4.53. The van der Waals surface area contributed by atoms with Crippen LogP contribution < -0.4 is 0 Å². The van der Waals surface area contributed by atoms with Gasteiger partial charge in [0.25, 0.3) is 0 Å². The van der Waals surface area contributed by atoms with Crippen molar-refractivity contribution in [3.8, 4) is 0 Å². The third-order valence-electron chi connectivity index (χ3n) is 4.47. The second-order valence-electron chi connectivity index (χ2n) is 5.93. The SMILES string of the molecule is CCCCN=C=O.CCOC1(CC)CCCC[Si]1(OCC)OCC. The van der Waals surface area contributed by atoms with Crippen molar-refractivity contribution in [2.24, 2.45) is 4.99 Å². The first-order chi connectivity index (χ1) is 11.6. The monoisotopic (exact) mass is 359 g/mol. The summed E-state index contributed by atoms with van der Waals surface area (Å²) in [6.07, 6.45) is 8.13. The van der Waals surface area contributed by atoms with Crippen LogP contribution in [0.2, 0.25) is 6.04 Å². The Balaban J connectivity index is 0.000000640. The molecule has 0 aromatic heterocycles. The fraction of sp³-hybridized carbons (Fsp3) is 0.944. The largest absolute Gasteiger partial charge is 0.393 e. The molecule has 0 aromatic carbocycles. The second kappa shape index (κ2) is 13.7. The fourth-order valence-electron chi connectivity index (χ4n) is 3.39. The van der Waals surface area contributed by atoms with Crippen molar-refractivity contribution in [3.05, 3.63) is 0 Å². The Morgan fingerprint density at radius 3 is 2.17 bits per heavy atom. The van der Waals surface area contributed by atoms with Crippen molar-refractivity contribution in [1.29, 1.82) is 0 Å². The average Bonchev–Trinajstić information content (AvgIpc) is 2.59. The number of ether oxygens (including phenoxy) is 1. The van der Waals surface area contributed by atoms with Gasteiger partial charge in [0.05, 0.1) is 6.54 Å². The van der Waals surface area contributed by atoms with Crippen molar-refractivity contribution in [1.82, 2.24) is 0 Å². The van der Waals surface area contributed by atoms with E-state index in [9.17, 15) is 4.79 Å². The van der Waals surface area contributed by atoms with Gasteiger partial charge < -0.3 is 13.6 Å². The Kier molecular flexibility index (Phi) is 13.4. The second-order valence-corrected chi connectivity index (χ2v) is 9.43. The lowest BCUT2D eigenvalue weighted by atomic mass is 10.1. The molecule has 1 saturated heterocycles. The van der Waals surface area contributed by atoms with Crippen LogP contribution in [0.3, 0.4) is 0 Å². The first kappa shape index (κ1) is 23.5. The molecule has 1 rings (SSSR count). The number of aliphatic imine (C=N–C) groups is 1. The van der Waals surface area contributed by atoms with Crippen molar-refractivity contribution in [2.75, 3.05) is 26.4 Å². The molecule has 0 aliphatic carbocycles. The number of rotatable bonds is 10. The van der Waals surface area contributed by atoms with E-state index in [2.05, 4.69) is 39.6 Å². The summed E-state index contributed by atoms with van der Waals surface area (Å²) in [4.78, 5) is 12.7. The Morgan fingerprint density at radius 2 is 1.71 bits per heavy atom. The van der Waals surface area contributed by atoms with Crippen LogP contribution in [0, 0.1) is 0 Å².